The van der Waals surface area contributed by atoms with Crippen LogP contribution in [0.25, 0.3) is 11.0 Å². The lowest BCUT2D eigenvalue weighted by molar-refractivity contribution is -0.116. The number of pyridine rings is 1. The molecular formula is C24H26N8O. The second kappa shape index (κ2) is 8.85. The van der Waals surface area contributed by atoms with E-state index >= 15 is 0 Å². The van der Waals surface area contributed by atoms with Gasteiger partial charge in [0.25, 0.3) is 0 Å². The third-order valence-corrected chi connectivity index (χ3v) is 5.91. The van der Waals surface area contributed by atoms with E-state index in [0.717, 1.165) is 60.0 Å². The van der Waals surface area contributed by atoms with Crippen molar-refractivity contribution in [3.8, 4) is 0 Å². The second-order valence-corrected chi connectivity index (χ2v) is 8.27. The van der Waals surface area contributed by atoms with Crippen LogP contribution in [0.4, 0.5) is 17.3 Å². The van der Waals surface area contributed by atoms with Gasteiger partial charge in [-0.15, -0.1) is 0 Å². The number of aromatic nitrogens is 5. The van der Waals surface area contributed by atoms with Gasteiger partial charge in [-0.2, -0.15) is 5.10 Å². The summed E-state index contributed by atoms with van der Waals surface area (Å²) in [7, 11) is 0. The molecule has 0 saturated carbocycles. The van der Waals surface area contributed by atoms with E-state index in [2.05, 4.69) is 35.2 Å². The highest BCUT2D eigenvalue weighted by atomic mass is 16.2. The first-order valence-corrected chi connectivity index (χ1v) is 11.0. The molecule has 168 valence electrons. The number of carbonyl (C=O) groups excluding carboxylic acids is 1. The quantitative estimate of drug-likeness (QED) is 0.508. The molecule has 1 N–H and O–H groups in total. The SMILES string of the molecule is Cc1ccc(NC(=O)Cn2ncc3c(N4CCN(c5ccccn5)CC4)ncnc32)c(C)c1. The van der Waals surface area contributed by atoms with Crippen LogP contribution >= 0.6 is 0 Å². The molecule has 1 amide bonds. The van der Waals surface area contributed by atoms with E-state index in [1.807, 2.05) is 56.4 Å². The van der Waals surface area contributed by atoms with Gasteiger partial charge in [-0.25, -0.2) is 19.6 Å². The highest BCUT2D eigenvalue weighted by molar-refractivity contribution is 5.93. The Kier molecular flexibility index (Phi) is 5.60. The fourth-order valence-electron chi connectivity index (χ4n) is 4.22. The Balaban J connectivity index is 1.30. The van der Waals surface area contributed by atoms with Crippen LogP contribution in [0.15, 0.2) is 55.1 Å². The number of fused-ring (bicyclic) bond motifs is 1. The van der Waals surface area contributed by atoms with Crippen LogP contribution in [0.3, 0.4) is 0 Å². The molecule has 3 aromatic heterocycles. The van der Waals surface area contributed by atoms with E-state index in [1.54, 1.807) is 17.2 Å². The molecule has 9 nitrogen and oxygen atoms in total. The zero-order valence-corrected chi connectivity index (χ0v) is 18.8. The van der Waals surface area contributed by atoms with Gasteiger partial charge in [-0.05, 0) is 37.6 Å². The average Bonchev–Trinajstić information content (AvgIpc) is 3.24. The Hall–Kier alpha value is -4.01. The molecule has 0 spiro atoms. The van der Waals surface area contributed by atoms with Gasteiger partial charge in [0.15, 0.2) is 5.65 Å². The van der Waals surface area contributed by atoms with Crippen LogP contribution in [-0.4, -0.2) is 56.8 Å². The Labute approximate surface area is 192 Å². The second-order valence-electron chi connectivity index (χ2n) is 8.27. The Bertz CT molecular complexity index is 1280. The van der Waals surface area contributed by atoms with Crippen LogP contribution < -0.4 is 15.1 Å². The maximum atomic E-state index is 12.7. The summed E-state index contributed by atoms with van der Waals surface area (Å²) in [6.07, 6.45) is 5.11. The zero-order valence-electron chi connectivity index (χ0n) is 18.8. The molecule has 0 bridgehead atoms. The van der Waals surface area contributed by atoms with Gasteiger partial charge >= 0.3 is 0 Å². The van der Waals surface area contributed by atoms with Crippen molar-refractivity contribution in [1.29, 1.82) is 0 Å². The van der Waals surface area contributed by atoms with E-state index < -0.39 is 0 Å². The summed E-state index contributed by atoms with van der Waals surface area (Å²) >= 11 is 0. The summed E-state index contributed by atoms with van der Waals surface area (Å²) in [6.45, 7) is 7.45. The topological polar surface area (TPSA) is 92.1 Å². The zero-order chi connectivity index (χ0) is 22.8. The summed E-state index contributed by atoms with van der Waals surface area (Å²) in [6, 6.07) is 11.9. The molecule has 4 heterocycles. The van der Waals surface area contributed by atoms with Crippen molar-refractivity contribution in [3.63, 3.8) is 0 Å². The number of rotatable bonds is 5. The van der Waals surface area contributed by atoms with Gasteiger partial charge in [0.05, 0.1) is 11.6 Å². The summed E-state index contributed by atoms with van der Waals surface area (Å²) in [4.78, 5) is 30.6. The van der Waals surface area contributed by atoms with Crippen molar-refractivity contribution in [3.05, 3.63) is 66.2 Å². The van der Waals surface area contributed by atoms with Crippen LogP contribution in [0.2, 0.25) is 0 Å². The minimum absolute atomic E-state index is 0.0841. The first-order chi connectivity index (χ1) is 16.1. The highest BCUT2D eigenvalue weighted by Gasteiger charge is 2.22. The Morgan fingerprint density at radius 3 is 2.58 bits per heavy atom. The molecule has 1 aliphatic rings. The summed E-state index contributed by atoms with van der Waals surface area (Å²) in [5, 5.41) is 8.26. The summed E-state index contributed by atoms with van der Waals surface area (Å²) < 4.78 is 1.63. The summed E-state index contributed by atoms with van der Waals surface area (Å²) in [5.74, 6) is 1.70. The third kappa shape index (κ3) is 4.34. The van der Waals surface area contributed by atoms with E-state index in [-0.39, 0.29) is 12.5 Å². The Morgan fingerprint density at radius 1 is 1.00 bits per heavy atom. The van der Waals surface area contributed by atoms with Crippen LogP contribution in [0, 0.1) is 13.8 Å². The van der Waals surface area contributed by atoms with E-state index in [0.29, 0.717) is 5.65 Å². The molecule has 0 radical (unpaired) electrons. The maximum absolute atomic E-state index is 12.7. The van der Waals surface area contributed by atoms with Crippen molar-refractivity contribution < 1.29 is 4.79 Å². The number of nitrogens with one attached hydrogen (secondary N) is 1. The van der Waals surface area contributed by atoms with Gasteiger partial charge in [-0.3, -0.25) is 4.79 Å². The van der Waals surface area contributed by atoms with E-state index in [9.17, 15) is 4.79 Å². The van der Waals surface area contributed by atoms with E-state index in [1.165, 1.54) is 0 Å². The van der Waals surface area contributed by atoms with Crippen LogP contribution in [0.1, 0.15) is 11.1 Å². The molecule has 1 aliphatic heterocycles. The van der Waals surface area contributed by atoms with Gasteiger partial charge in [0.2, 0.25) is 5.91 Å². The van der Waals surface area contributed by atoms with Crippen molar-refractivity contribution in [2.75, 3.05) is 41.3 Å². The predicted molar refractivity (Wildman–Crippen MR) is 129 cm³/mol. The van der Waals surface area contributed by atoms with Crippen molar-refractivity contribution in [2.24, 2.45) is 0 Å². The maximum Gasteiger partial charge on any atom is 0.246 e. The monoisotopic (exact) mass is 442 g/mol. The first-order valence-electron chi connectivity index (χ1n) is 11.0. The van der Waals surface area contributed by atoms with E-state index in [4.69, 9.17) is 0 Å². The van der Waals surface area contributed by atoms with Gasteiger partial charge < -0.3 is 15.1 Å². The largest absolute Gasteiger partial charge is 0.353 e. The molecule has 0 atom stereocenters. The van der Waals surface area contributed by atoms with Crippen molar-refractivity contribution in [2.45, 2.75) is 20.4 Å². The standard InChI is InChI=1S/C24H26N8O/c1-17-6-7-20(18(2)13-17)29-22(33)15-32-24-19(14-28-32)23(26-16-27-24)31-11-9-30(10-12-31)21-5-3-4-8-25-21/h3-8,13-14,16H,9-12,15H2,1-2H3,(H,29,33). The fourth-order valence-corrected chi connectivity index (χ4v) is 4.22. The number of hydrogen-bond acceptors (Lipinski definition) is 7. The lowest BCUT2D eigenvalue weighted by atomic mass is 10.1. The molecular weight excluding hydrogens is 416 g/mol. The molecule has 4 aromatic rings. The fraction of sp³-hybridized carbons (Fsp3) is 0.292. The average molecular weight is 443 g/mol. The lowest BCUT2D eigenvalue weighted by Gasteiger charge is -2.36. The predicted octanol–water partition coefficient (Wildman–Crippen LogP) is 2.80. The molecule has 5 rings (SSSR count). The smallest absolute Gasteiger partial charge is 0.246 e. The number of anilines is 3. The van der Waals surface area contributed by atoms with Crippen molar-refractivity contribution >= 4 is 34.3 Å². The highest BCUT2D eigenvalue weighted by Crippen LogP contribution is 2.25. The molecule has 9 heteroatoms. The number of amides is 1. The number of piperazine rings is 1. The summed E-state index contributed by atoms with van der Waals surface area (Å²) in [5.41, 5.74) is 3.66. The Morgan fingerprint density at radius 2 is 1.82 bits per heavy atom. The number of carbonyl (C=O) groups is 1. The molecule has 33 heavy (non-hydrogen) atoms. The van der Waals surface area contributed by atoms with Gasteiger partial charge in [0.1, 0.15) is 24.5 Å². The number of aryl methyl sites for hydroxylation is 2. The molecule has 0 aliphatic carbocycles. The first kappa shape index (κ1) is 20.9. The van der Waals surface area contributed by atoms with Gasteiger partial charge in [-0.1, -0.05) is 23.8 Å². The van der Waals surface area contributed by atoms with Crippen LogP contribution in [-0.2, 0) is 11.3 Å². The molecule has 0 unspecified atom stereocenters. The van der Waals surface area contributed by atoms with Crippen LogP contribution in [0.5, 0.6) is 0 Å². The number of benzene rings is 1. The van der Waals surface area contributed by atoms with Crippen molar-refractivity contribution in [1.82, 2.24) is 24.7 Å². The number of nitrogens with zero attached hydrogens (tertiary/aromatic N) is 7. The van der Waals surface area contributed by atoms with Gasteiger partial charge in [0, 0.05) is 38.1 Å². The molecule has 1 aromatic carbocycles. The number of hydrogen-bond donors (Lipinski definition) is 1. The molecule has 1 saturated heterocycles. The molecule has 1 fully saturated rings. The normalized spacial score (nSPS) is 14.0. The lowest BCUT2D eigenvalue weighted by Crippen LogP contribution is -2.47. The minimum atomic E-state index is -0.143. The third-order valence-electron chi connectivity index (χ3n) is 5.91. The minimum Gasteiger partial charge on any atom is -0.353 e.